The minimum atomic E-state index is -4.97. The number of phosphoric ester groups is 1. The Balaban J connectivity index is 2.44. The van der Waals surface area contributed by atoms with Crippen molar-refractivity contribution in [1.29, 1.82) is 0 Å². The van der Waals surface area contributed by atoms with Crippen LogP contribution < -0.4 is 0 Å². The van der Waals surface area contributed by atoms with Gasteiger partial charge in [0.2, 0.25) is 0 Å². The summed E-state index contributed by atoms with van der Waals surface area (Å²) in [4.78, 5) is 35.5. The molecule has 1 aliphatic rings. The third-order valence-electron chi connectivity index (χ3n) is 10.3. The molecule has 0 aliphatic heterocycles. The first-order valence-electron chi connectivity index (χ1n) is 21.7. The van der Waals surface area contributed by atoms with Gasteiger partial charge in [0.15, 0.2) is 6.10 Å². The molecule has 0 aromatic heterocycles. The van der Waals surface area contributed by atoms with E-state index in [0.29, 0.717) is 12.8 Å². The third kappa shape index (κ3) is 26.7. The monoisotopic (exact) mass is 795 g/mol. The topological polar surface area (TPSA) is 189 Å². The Morgan fingerprint density at radius 2 is 0.944 bits per heavy atom. The van der Waals surface area contributed by atoms with Crippen LogP contribution >= 0.6 is 7.82 Å². The molecule has 1 unspecified atom stereocenters. The molecule has 7 atom stereocenters. The minimum Gasteiger partial charge on any atom is -0.462 e. The van der Waals surface area contributed by atoms with Gasteiger partial charge in [-0.05, 0) is 12.8 Å². The number of unbranched alkanes of at least 4 members (excludes halogenated alkanes) is 24. The smallest absolute Gasteiger partial charge is 0.462 e. The number of ether oxygens (including phenoxy) is 2. The highest BCUT2D eigenvalue weighted by molar-refractivity contribution is 7.47. The second-order valence-corrected chi connectivity index (χ2v) is 16.9. The molecule has 0 saturated heterocycles. The Kier molecular flexibility index (Phi) is 31.0. The lowest BCUT2D eigenvalue weighted by molar-refractivity contribution is -0.174. The molecule has 0 heterocycles. The zero-order valence-electron chi connectivity index (χ0n) is 33.9. The lowest BCUT2D eigenvalue weighted by Crippen LogP contribution is -2.56. The summed E-state index contributed by atoms with van der Waals surface area (Å²) in [6.45, 7) is 3.42. The number of phosphoric acid groups is 1. The molecule has 0 aromatic carbocycles. The summed E-state index contributed by atoms with van der Waals surface area (Å²) in [5, 5.41) is 40.0. The molecule has 54 heavy (non-hydrogen) atoms. The average Bonchev–Trinajstić information content (AvgIpc) is 3.14. The molecule has 1 aliphatic carbocycles. The van der Waals surface area contributed by atoms with Crippen LogP contribution in [0.5, 0.6) is 0 Å². The van der Waals surface area contributed by atoms with Crippen LogP contribution in [0.4, 0.5) is 0 Å². The number of esters is 2. The summed E-state index contributed by atoms with van der Waals surface area (Å²) >= 11 is 0. The molecule has 0 bridgehead atoms. The predicted octanol–water partition coefficient (Wildman–Crippen LogP) is 8.75. The van der Waals surface area contributed by atoms with Gasteiger partial charge in [-0.25, -0.2) is 4.57 Å². The number of aliphatic hydroxyl groups is 4. The molecule has 0 radical (unpaired) electrons. The predicted molar refractivity (Wildman–Crippen MR) is 211 cm³/mol. The molecule has 1 fully saturated rings. The fourth-order valence-corrected chi connectivity index (χ4v) is 7.85. The van der Waals surface area contributed by atoms with Gasteiger partial charge in [0.25, 0.3) is 0 Å². The van der Waals surface area contributed by atoms with Crippen molar-refractivity contribution in [3.8, 4) is 0 Å². The summed E-state index contributed by atoms with van der Waals surface area (Å²) < 4.78 is 33.6. The van der Waals surface area contributed by atoms with Gasteiger partial charge < -0.3 is 34.8 Å². The highest BCUT2D eigenvalue weighted by atomic mass is 31.2. The summed E-state index contributed by atoms with van der Waals surface area (Å²) in [5.41, 5.74) is 0. The molecule has 320 valence electrons. The highest BCUT2D eigenvalue weighted by Crippen LogP contribution is 2.47. The zero-order chi connectivity index (χ0) is 39.9. The van der Waals surface area contributed by atoms with Crippen molar-refractivity contribution in [2.24, 2.45) is 0 Å². The van der Waals surface area contributed by atoms with Gasteiger partial charge in [-0.1, -0.05) is 168 Å². The first kappa shape index (κ1) is 50.9. The Morgan fingerprint density at radius 3 is 1.37 bits per heavy atom. The van der Waals surface area contributed by atoms with E-state index in [1.807, 2.05) is 0 Å². The normalized spacial score (nSPS) is 21.8. The van der Waals surface area contributed by atoms with E-state index in [-0.39, 0.29) is 19.4 Å². The third-order valence-corrected chi connectivity index (χ3v) is 11.3. The SMILES string of the molecule is CCCCCCCCCCCCCCCC(=O)OC[C@H](COP(=O)(O)O[C@H]1[C@@H](O)[C@@H](O)[C@H](O)C[C@H]1O)OC(=O)CCCCCCCCCCCCCCC. The molecule has 1 saturated carbocycles. The number of carbonyl (C=O) groups is 2. The molecular weight excluding hydrogens is 715 g/mol. The van der Waals surface area contributed by atoms with Gasteiger partial charge in [-0.2, -0.15) is 0 Å². The van der Waals surface area contributed by atoms with E-state index in [0.717, 1.165) is 38.5 Å². The number of carbonyl (C=O) groups excluding carboxylic acids is 2. The second-order valence-electron chi connectivity index (χ2n) is 15.5. The fraction of sp³-hybridized carbons (Fsp3) is 0.951. The van der Waals surface area contributed by atoms with E-state index in [2.05, 4.69) is 13.8 Å². The maximum Gasteiger partial charge on any atom is 0.472 e. The number of hydrogen-bond acceptors (Lipinski definition) is 11. The van der Waals surface area contributed by atoms with Gasteiger partial charge in [-0.3, -0.25) is 18.6 Å². The van der Waals surface area contributed by atoms with E-state index >= 15 is 0 Å². The zero-order valence-corrected chi connectivity index (χ0v) is 34.8. The fourth-order valence-electron chi connectivity index (χ4n) is 6.86. The maximum absolute atomic E-state index is 12.7. The van der Waals surface area contributed by atoms with Crippen molar-refractivity contribution in [2.45, 2.75) is 237 Å². The number of aliphatic hydroxyl groups excluding tert-OH is 4. The van der Waals surface area contributed by atoms with Crippen molar-refractivity contribution in [2.75, 3.05) is 13.2 Å². The molecule has 5 N–H and O–H groups in total. The maximum atomic E-state index is 12.7. The lowest BCUT2D eigenvalue weighted by atomic mass is 9.87. The summed E-state index contributed by atoms with van der Waals surface area (Å²) in [6, 6.07) is 0. The Labute approximate surface area is 327 Å². The van der Waals surface area contributed by atoms with E-state index in [1.165, 1.54) is 116 Å². The van der Waals surface area contributed by atoms with Gasteiger partial charge in [0.1, 0.15) is 24.9 Å². The van der Waals surface area contributed by atoms with E-state index < -0.39 is 69.4 Å². The van der Waals surface area contributed by atoms with E-state index in [9.17, 15) is 39.5 Å². The molecule has 1 rings (SSSR count). The van der Waals surface area contributed by atoms with E-state index in [1.54, 1.807) is 0 Å². The molecule has 13 heteroatoms. The van der Waals surface area contributed by atoms with Crippen LogP contribution in [0.15, 0.2) is 0 Å². The van der Waals surface area contributed by atoms with Crippen LogP contribution in [0.3, 0.4) is 0 Å². The van der Waals surface area contributed by atoms with Crippen molar-refractivity contribution < 1.29 is 58.0 Å². The summed E-state index contributed by atoms with van der Waals surface area (Å²) in [7, 11) is -4.97. The largest absolute Gasteiger partial charge is 0.472 e. The Hall–Kier alpha value is -1.11. The minimum absolute atomic E-state index is 0.134. The molecule has 12 nitrogen and oxygen atoms in total. The van der Waals surface area contributed by atoms with Gasteiger partial charge in [0, 0.05) is 19.3 Å². The first-order valence-corrected chi connectivity index (χ1v) is 23.2. The van der Waals surface area contributed by atoms with Crippen molar-refractivity contribution >= 4 is 19.8 Å². The Morgan fingerprint density at radius 1 is 0.556 bits per heavy atom. The van der Waals surface area contributed by atoms with Crippen LogP contribution in [0.2, 0.25) is 0 Å². The first-order chi connectivity index (χ1) is 26.0. The van der Waals surface area contributed by atoms with Crippen LogP contribution in [0.25, 0.3) is 0 Å². The standard InChI is InChI=1S/C41H79O12P/c1-3-5-7-9-11-13-15-17-19-21-23-25-27-29-37(44)50-32-34(33-51-54(48,49)53-41-36(43)31-35(42)39(46)40(41)47)52-38(45)30-28-26-24-22-20-18-16-14-12-10-8-6-4-2/h34-36,39-43,46-47H,3-33H2,1-2H3,(H,48,49)/t34-,35-,36-,39+,40+,41-/m1/s1. The van der Waals surface area contributed by atoms with Crippen LogP contribution in [0.1, 0.15) is 200 Å². The number of rotatable bonds is 36. The van der Waals surface area contributed by atoms with E-state index in [4.69, 9.17) is 18.5 Å². The Bertz CT molecular complexity index is 968. The quantitative estimate of drug-likeness (QED) is 0.0231. The summed E-state index contributed by atoms with van der Waals surface area (Å²) in [6.07, 6.45) is 21.0. The lowest BCUT2D eigenvalue weighted by Gasteiger charge is -2.38. The molecule has 0 amide bonds. The summed E-state index contributed by atoms with van der Waals surface area (Å²) in [5.74, 6) is -1.02. The van der Waals surface area contributed by atoms with Crippen molar-refractivity contribution in [1.82, 2.24) is 0 Å². The molecular formula is C41H79O12P. The van der Waals surface area contributed by atoms with Gasteiger partial charge in [-0.15, -0.1) is 0 Å². The van der Waals surface area contributed by atoms with Crippen LogP contribution in [-0.4, -0.2) is 87.1 Å². The van der Waals surface area contributed by atoms with Crippen LogP contribution in [0, 0.1) is 0 Å². The van der Waals surface area contributed by atoms with Crippen molar-refractivity contribution in [3.05, 3.63) is 0 Å². The number of hydrogen-bond donors (Lipinski definition) is 5. The highest BCUT2D eigenvalue weighted by Gasteiger charge is 2.46. The van der Waals surface area contributed by atoms with Gasteiger partial charge >= 0.3 is 19.8 Å². The molecule has 0 spiro atoms. The second kappa shape index (κ2) is 32.9. The van der Waals surface area contributed by atoms with Gasteiger partial charge in [0.05, 0.1) is 18.8 Å². The van der Waals surface area contributed by atoms with Crippen LogP contribution in [-0.2, 0) is 32.7 Å². The van der Waals surface area contributed by atoms with Crippen molar-refractivity contribution in [3.63, 3.8) is 0 Å². The molecule has 0 aromatic rings. The average molecular weight is 795 g/mol.